The molecule has 0 aliphatic rings. The van der Waals surface area contributed by atoms with Crippen molar-refractivity contribution in [3.05, 3.63) is 48.0 Å². The van der Waals surface area contributed by atoms with Crippen molar-refractivity contribution in [1.82, 2.24) is 10.6 Å². The van der Waals surface area contributed by atoms with Gasteiger partial charge in [-0.3, -0.25) is 9.59 Å². The highest BCUT2D eigenvalue weighted by Gasteiger charge is 2.20. The van der Waals surface area contributed by atoms with Gasteiger partial charge in [0.05, 0.1) is 13.1 Å². The summed E-state index contributed by atoms with van der Waals surface area (Å²) in [7, 11) is 1.85. The third kappa shape index (κ3) is 5.85. The Morgan fingerprint density at radius 2 is 1.62 bits per heavy atom. The molecule has 2 atom stereocenters. The summed E-state index contributed by atoms with van der Waals surface area (Å²) in [6.45, 7) is 8.34. The van der Waals surface area contributed by atoms with Gasteiger partial charge >= 0.3 is 0 Å². The molecule has 0 fully saturated rings. The normalized spacial score (nSPS) is 13.9. The zero-order valence-electron chi connectivity index (χ0n) is 16.3. The lowest BCUT2D eigenvalue weighted by Gasteiger charge is -2.22. The Balaban J connectivity index is 1.93. The highest BCUT2D eigenvalue weighted by molar-refractivity contribution is 5.87. The number of fused-ring (bicyclic) bond motifs is 1. The molecule has 0 aliphatic carbocycles. The lowest BCUT2D eigenvalue weighted by Crippen LogP contribution is -3.11. The zero-order valence-corrected chi connectivity index (χ0v) is 16.3. The number of benzene rings is 2. The van der Waals surface area contributed by atoms with Crippen LogP contribution < -0.4 is 15.5 Å². The van der Waals surface area contributed by atoms with Gasteiger partial charge in [-0.25, -0.2) is 0 Å². The molecule has 2 aromatic rings. The Labute approximate surface area is 155 Å². The third-order valence-electron chi connectivity index (χ3n) is 4.11. The van der Waals surface area contributed by atoms with E-state index in [1.165, 1.54) is 0 Å². The Hall–Kier alpha value is -2.40. The smallest absolute Gasteiger partial charge is 0.275 e. The van der Waals surface area contributed by atoms with E-state index in [0.29, 0.717) is 0 Å². The van der Waals surface area contributed by atoms with E-state index in [9.17, 15) is 9.59 Å². The number of likely N-dealkylation sites (N-methyl/N-ethyl adjacent to an activating group) is 1. The topological polar surface area (TPSA) is 62.6 Å². The predicted octanol–water partition coefficient (Wildman–Crippen LogP) is 1.45. The molecule has 2 aromatic carbocycles. The molecule has 2 rings (SSSR count). The number of carbonyl (C=O) groups is 2. The average molecular weight is 356 g/mol. The molecule has 1 unspecified atom stereocenters. The van der Waals surface area contributed by atoms with E-state index in [2.05, 4.69) is 28.8 Å². The van der Waals surface area contributed by atoms with Crippen molar-refractivity contribution in [2.45, 2.75) is 39.3 Å². The molecule has 0 radical (unpaired) electrons. The Morgan fingerprint density at radius 1 is 1.00 bits per heavy atom. The van der Waals surface area contributed by atoms with Gasteiger partial charge < -0.3 is 15.5 Å². The summed E-state index contributed by atoms with van der Waals surface area (Å²) in [4.78, 5) is 25.2. The summed E-state index contributed by atoms with van der Waals surface area (Å²) >= 11 is 0. The molecule has 140 valence electrons. The summed E-state index contributed by atoms with van der Waals surface area (Å²) in [5.74, 6) is -0.114. The SMILES string of the molecule is C[C@@H](NC(=O)C[NH+](C)CC(=O)NC(C)(C)C)c1cccc2ccccc12. The number of hydrogen-bond donors (Lipinski definition) is 3. The van der Waals surface area contributed by atoms with Gasteiger partial charge in [-0.2, -0.15) is 0 Å². The fourth-order valence-corrected chi connectivity index (χ4v) is 3.07. The van der Waals surface area contributed by atoms with Gasteiger partial charge in [0.1, 0.15) is 0 Å². The monoisotopic (exact) mass is 356 g/mol. The molecule has 26 heavy (non-hydrogen) atoms. The van der Waals surface area contributed by atoms with Gasteiger partial charge in [0.15, 0.2) is 13.1 Å². The van der Waals surface area contributed by atoms with Crippen LogP contribution in [0.25, 0.3) is 10.8 Å². The predicted molar refractivity (Wildman–Crippen MR) is 105 cm³/mol. The first-order valence-electron chi connectivity index (χ1n) is 9.05. The minimum absolute atomic E-state index is 0.0510. The van der Waals surface area contributed by atoms with E-state index in [1.54, 1.807) is 0 Å². The maximum absolute atomic E-state index is 12.4. The van der Waals surface area contributed by atoms with Crippen LogP contribution in [0.1, 0.15) is 39.3 Å². The first-order chi connectivity index (χ1) is 12.2. The number of nitrogens with one attached hydrogen (secondary N) is 3. The van der Waals surface area contributed by atoms with E-state index in [1.807, 2.05) is 59.0 Å². The molecule has 0 aliphatic heterocycles. The highest BCUT2D eigenvalue weighted by atomic mass is 16.2. The van der Waals surface area contributed by atoms with Crippen LogP contribution in [0, 0.1) is 0 Å². The van der Waals surface area contributed by atoms with Crippen molar-refractivity contribution in [2.75, 3.05) is 20.1 Å². The number of amides is 2. The van der Waals surface area contributed by atoms with Crippen molar-refractivity contribution in [3.8, 4) is 0 Å². The van der Waals surface area contributed by atoms with Crippen LogP contribution >= 0.6 is 0 Å². The van der Waals surface area contributed by atoms with Gasteiger partial charge in [0.25, 0.3) is 11.8 Å². The summed E-state index contributed by atoms with van der Waals surface area (Å²) in [6.07, 6.45) is 0. The molecule has 0 bridgehead atoms. The zero-order chi connectivity index (χ0) is 19.3. The fourth-order valence-electron chi connectivity index (χ4n) is 3.07. The first kappa shape index (κ1) is 19.9. The molecule has 3 N–H and O–H groups in total. The summed E-state index contributed by atoms with van der Waals surface area (Å²) < 4.78 is 0. The highest BCUT2D eigenvalue weighted by Crippen LogP contribution is 2.23. The maximum Gasteiger partial charge on any atom is 0.275 e. The molecule has 5 heteroatoms. The van der Waals surface area contributed by atoms with Crippen molar-refractivity contribution in [1.29, 1.82) is 0 Å². The summed E-state index contributed by atoms with van der Waals surface area (Å²) in [5.41, 5.74) is 0.835. The van der Waals surface area contributed by atoms with Crippen LogP contribution in [0.3, 0.4) is 0 Å². The number of rotatable bonds is 6. The van der Waals surface area contributed by atoms with Crippen LogP contribution in [0.15, 0.2) is 42.5 Å². The Bertz CT molecular complexity index is 775. The van der Waals surface area contributed by atoms with Crippen LogP contribution in [0.5, 0.6) is 0 Å². The lowest BCUT2D eigenvalue weighted by atomic mass is 10.00. The summed E-state index contributed by atoms with van der Waals surface area (Å²) in [6, 6.07) is 14.2. The van der Waals surface area contributed by atoms with E-state index < -0.39 is 0 Å². The van der Waals surface area contributed by atoms with Crippen LogP contribution in [-0.2, 0) is 9.59 Å². The van der Waals surface area contributed by atoms with Gasteiger partial charge in [0.2, 0.25) is 0 Å². The van der Waals surface area contributed by atoms with E-state index in [0.717, 1.165) is 21.2 Å². The van der Waals surface area contributed by atoms with Crippen LogP contribution in [0.4, 0.5) is 0 Å². The second kappa shape index (κ2) is 8.32. The third-order valence-corrected chi connectivity index (χ3v) is 4.11. The number of hydrogen-bond acceptors (Lipinski definition) is 2. The number of quaternary nitrogens is 1. The largest absolute Gasteiger partial charge is 0.347 e. The first-order valence-corrected chi connectivity index (χ1v) is 9.05. The minimum atomic E-state index is -0.261. The number of carbonyl (C=O) groups excluding carboxylic acids is 2. The standard InChI is InChI=1S/C21H29N3O2/c1-15(17-12-8-10-16-9-6-7-11-18(16)17)22-19(25)13-24(5)14-20(26)23-21(2,3)4/h6-12,15H,13-14H2,1-5H3,(H,22,25)(H,23,26)/p+1/t15-/m1/s1. The second-order valence-corrected chi connectivity index (χ2v) is 7.97. The molecule has 2 amide bonds. The minimum Gasteiger partial charge on any atom is -0.347 e. The van der Waals surface area contributed by atoms with Gasteiger partial charge in [-0.1, -0.05) is 42.5 Å². The molecule has 0 saturated heterocycles. The van der Waals surface area contributed by atoms with Crippen LogP contribution in [-0.4, -0.2) is 37.5 Å². The van der Waals surface area contributed by atoms with Gasteiger partial charge in [-0.15, -0.1) is 0 Å². The summed E-state index contributed by atoms with van der Waals surface area (Å²) in [5, 5.41) is 8.27. The van der Waals surface area contributed by atoms with E-state index in [-0.39, 0.29) is 36.5 Å². The van der Waals surface area contributed by atoms with Crippen LogP contribution in [0.2, 0.25) is 0 Å². The van der Waals surface area contributed by atoms with Crippen molar-refractivity contribution < 1.29 is 14.5 Å². The Kier molecular flexibility index (Phi) is 6.37. The van der Waals surface area contributed by atoms with Crippen molar-refractivity contribution in [3.63, 3.8) is 0 Å². The molecule has 0 saturated carbocycles. The second-order valence-electron chi connectivity index (χ2n) is 7.97. The fraction of sp³-hybridized carbons (Fsp3) is 0.429. The molecule has 0 aromatic heterocycles. The van der Waals surface area contributed by atoms with Crippen molar-refractivity contribution >= 4 is 22.6 Å². The molecule has 0 spiro atoms. The maximum atomic E-state index is 12.4. The average Bonchev–Trinajstić information content (AvgIpc) is 2.51. The molecular weight excluding hydrogens is 326 g/mol. The molecular formula is C21H30N3O2+. The Morgan fingerprint density at radius 3 is 2.31 bits per heavy atom. The van der Waals surface area contributed by atoms with Gasteiger partial charge in [-0.05, 0) is 44.0 Å². The lowest BCUT2D eigenvalue weighted by molar-refractivity contribution is -0.862. The quantitative estimate of drug-likeness (QED) is 0.734. The molecule has 5 nitrogen and oxygen atoms in total. The van der Waals surface area contributed by atoms with E-state index >= 15 is 0 Å². The molecule has 0 heterocycles. The van der Waals surface area contributed by atoms with Gasteiger partial charge in [0, 0.05) is 5.54 Å². The van der Waals surface area contributed by atoms with E-state index in [4.69, 9.17) is 0 Å². The van der Waals surface area contributed by atoms with Crippen molar-refractivity contribution in [2.24, 2.45) is 0 Å².